The molecule has 0 aliphatic carbocycles. The van der Waals surface area contributed by atoms with Crippen molar-refractivity contribution in [2.45, 2.75) is 38.8 Å². The van der Waals surface area contributed by atoms with Crippen LogP contribution >= 0.6 is 0 Å². The van der Waals surface area contributed by atoms with Gasteiger partial charge in [0.05, 0.1) is 12.2 Å². The van der Waals surface area contributed by atoms with Gasteiger partial charge in [0.15, 0.2) is 0 Å². The minimum absolute atomic E-state index is 0.0725. The van der Waals surface area contributed by atoms with Gasteiger partial charge in [0.25, 0.3) is 0 Å². The summed E-state index contributed by atoms with van der Waals surface area (Å²) in [4.78, 5) is 16.9. The van der Waals surface area contributed by atoms with Crippen LogP contribution in [0.25, 0.3) is 0 Å². The van der Waals surface area contributed by atoms with Gasteiger partial charge >= 0.3 is 0 Å². The molecular formula is C20H28N4O. The number of hydrogen-bond acceptors (Lipinski definition) is 3. The lowest BCUT2D eigenvalue weighted by atomic mass is 9.98. The molecule has 1 aliphatic rings. The maximum atomic E-state index is 12.8. The second-order valence-corrected chi connectivity index (χ2v) is 7.05. The van der Waals surface area contributed by atoms with E-state index in [1.165, 1.54) is 16.7 Å². The molecule has 2 aromatic rings. The summed E-state index contributed by atoms with van der Waals surface area (Å²) >= 11 is 0. The lowest BCUT2D eigenvalue weighted by molar-refractivity contribution is -0.135. The lowest BCUT2D eigenvalue weighted by Crippen LogP contribution is -2.47. The van der Waals surface area contributed by atoms with Gasteiger partial charge in [-0.25, -0.2) is 0 Å². The fourth-order valence-electron chi connectivity index (χ4n) is 3.55. The van der Waals surface area contributed by atoms with Gasteiger partial charge in [-0.2, -0.15) is 5.10 Å². The van der Waals surface area contributed by atoms with Crippen LogP contribution in [-0.4, -0.2) is 51.7 Å². The molecule has 0 N–H and O–H groups in total. The summed E-state index contributed by atoms with van der Waals surface area (Å²) in [5.41, 5.74) is 4.00. The molecule has 0 fully saturated rings. The fraction of sp³-hybridized carbons (Fsp3) is 0.500. The molecule has 0 bridgehead atoms. The first-order valence-corrected chi connectivity index (χ1v) is 9.08. The number of hydrogen-bond donors (Lipinski definition) is 0. The van der Waals surface area contributed by atoms with Crippen molar-refractivity contribution in [3.05, 3.63) is 53.3 Å². The Morgan fingerprint density at radius 2 is 2.08 bits per heavy atom. The van der Waals surface area contributed by atoms with Gasteiger partial charge < -0.3 is 4.90 Å². The van der Waals surface area contributed by atoms with Gasteiger partial charge in [0, 0.05) is 39.9 Å². The van der Waals surface area contributed by atoms with Gasteiger partial charge in [0.2, 0.25) is 5.91 Å². The first kappa shape index (κ1) is 17.7. The highest BCUT2D eigenvalue weighted by atomic mass is 16.2. The zero-order valence-electron chi connectivity index (χ0n) is 15.5. The molecule has 3 rings (SSSR count). The average Bonchev–Trinajstić information content (AvgIpc) is 3.05. The van der Waals surface area contributed by atoms with Crippen LogP contribution in [0.15, 0.2) is 36.7 Å². The van der Waals surface area contributed by atoms with Crippen LogP contribution in [0, 0.1) is 0 Å². The monoisotopic (exact) mass is 340 g/mol. The first-order valence-electron chi connectivity index (χ1n) is 9.08. The summed E-state index contributed by atoms with van der Waals surface area (Å²) < 4.78 is 1.82. The third kappa shape index (κ3) is 4.28. The molecule has 0 saturated heterocycles. The highest BCUT2D eigenvalue weighted by Crippen LogP contribution is 2.20. The average molecular weight is 340 g/mol. The quantitative estimate of drug-likeness (QED) is 0.810. The number of rotatable bonds is 6. The Kier molecular flexibility index (Phi) is 5.53. The van der Waals surface area contributed by atoms with Crippen molar-refractivity contribution in [1.82, 2.24) is 19.6 Å². The van der Waals surface area contributed by atoms with Crippen LogP contribution in [0.2, 0.25) is 0 Å². The molecule has 134 valence electrons. The molecule has 0 saturated carbocycles. The lowest BCUT2D eigenvalue weighted by Gasteiger charge is -2.34. The molecule has 0 unspecified atom stereocenters. The van der Waals surface area contributed by atoms with E-state index in [4.69, 9.17) is 0 Å². The van der Waals surface area contributed by atoms with Crippen molar-refractivity contribution >= 4 is 5.91 Å². The number of fused-ring (bicyclic) bond motifs is 1. The van der Waals surface area contributed by atoms with Crippen molar-refractivity contribution in [3.63, 3.8) is 0 Å². The molecule has 5 nitrogen and oxygen atoms in total. The number of aryl methyl sites for hydroxylation is 2. The molecule has 1 aromatic heterocycles. The van der Waals surface area contributed by atoms with Crippen molar-refractivity contribution in [3.8, 4) is 0 Å². The largest absolute Gasteiger partial charge is 0.344 e. The Bertz CT molecular complexity index is 724. The highest BCUT2D eigenvalue weighted by Gasteiger charge is 2.26. The topological polar surface area (TPSA) is 41.4 Å². The molecule has 1 aliphatic heterocycles. The molecule has 1 amide bonds. The molecule has 0 spiro atoms. The second kappa shape index (κ2) is 7.83. The third-order valence-corrected chi connectivity index (χ3v) is 5.16. The molecular weight excluding hydrogens is 312 g/mol. The van der Waals surface area contributed by atoms with Crippen LogP contribution in [0.5, 0.6) is 0 Å². The summed E-state index contributed by atoms with van der Waals surface area (Å²) in [7, 11) is 3.84. The predicted molar refractivity (Wildman–Crippen MR) is 99.2 cm³/mol. The summed E-state index contributed by atoms with van der Waals surface area (Å²) in [6.45, 7) is 4.64. The fourth-order valence-corrected chi connectivity index (χ4v) is 3.55. The van der Waals surface area contributed by atoms with Gasteiger partial charge in [-0.05, 0) is 42.9 Å². The second-order valence-electron chi connectivity index (χ2n) is 7.05. The van der Waals surface area contributed by atoms with E-state index in [1.54, 1.807) is 0 Å². The molecule has 1 atom stereocenters. The third-order valence-electron chi connectivity index (χ3n) is 5.16. The number of amides is 1. The van der Waals surface area contributed by atoms with Crippen molar-refractivity contribution in [2.24, 2.45) is 7.05 Å². The standard InChI is InChI=1S/C20H28N4O/c1-16(24-12-10-18-8-4-5-9-19(18)15-24)20(25)22(2)11-6-7-17-13-21-23(3)14-17/h4-5,8-9,13-14,16H,6-7,10-12,15H2,1-3H3/t16-/m1/s1. The van der Waals surface area contributed by atoms with E-state index in [1.807, 2.05) is 43.0 Å². The maximum absolute atomic E-state index is 12.8. The number of carbonyl (C=O) groups excluding carboxylic acids is 1. The Morgan fingerprint density at radius 1 is 1.32 bits per heavy atom. The van der Waals surface area contributed by atoms with Gasteiger partial charge in [-0.1, -0.05) is 24.3 Å². The normalized spacial score (nSPS) is 15.6. The smallest absolute Gasteiger partial charge is 0.239 e. The molecule has 0 radical (unpaired) electrons. The van der Waals surface area contributed by atoms with Crippen LogP contribution in [-0.2, 0) is 31.2 Å². The van der Waals surface area contributed by atoms with Crippen LogP contribution in [0.3, 0.4) is 0 Å². The summed E-state index contributed by atoms with van der Waals surface area (Å²) in [5, 5.41) is 4.19. The number of likely N-dealkylation sites (N-methyl/N-ethyl adjacent to an activating group) is 1. The van der Waals surface area contributed by atoms with Crippen LogP contribution in [0.1, 0.15) is 30.0 Å². The van der Waals surface area contributed by atoms with Crippen molar-refractivity contribution < 1.29 is 4.79 Å². The minimum atomic E-state index is -0.0725. The molecule has 5 heteroatoms. The number of carbonyl (C=O) groups is 1. The van der Waals surface area contributed by atoms with Crippen LogP contribution in [0.4, 0.5) is 0 Å². The Balaban J connectivity index is 1.50. The van der Waals surface area contributed by atoms with E-state index >= 15 is 0 Å². The van der Waals surface area contributed by atoms with E-state index in [0.717, 1.165) is 38.9 Å². The number of nitrogens with zero attached hydrogens (tertiary/aromatic N) is 4. The van der Waals surface area contributed by atoms with E-state index < -0.39 is 0 Å². The van der Waals surface area contributed by atoms with E-state index in [9.17, 15) is 4.79 Å². The van der Waals surface area contributed by atoms with Gasteiger partial charge in [0.1, 0.15) is 0 Å². The van der Waals surface area contributed by atoms with Gasteiger partial charge in [-0.15, -0.1) is 0 Å². The van der Waals surface area contributed by atoms with E-state index in [2.05, 4.69) is 34.3 Å². The minimum Gasteiger partial charge on any atom is -0.344 e. The number of benzene rings is 1. The maximum Gasteiger partial charge on any atom is 0.239 e. The summed E-state index contributed by atoms with van der Waals surface area (Å²) in [6, 6.07) is 8.48. The van der Waals surface area contributed by atoms with Crippen LogP contribution < -0.4 is 0 Å². The highest BCUT2D eigenvalue weighted by molar-refractivity contribution is 5.81. The predicted octanol–water partition coefficient (Wildman–Crippen LogP) is 2.26. The zero-order valence-corrected chi connectivity index (χ0v) is 15.5. The Hall–Kier alpha value is -2.14. The first-order chi connectivity index (χ1) is 12.0. The van der Waals surface area contributed by atoms with Crippen molar-refractivity contribution in [2.75, 3.05) is 20.1 Å². The SMILES string of the molecule is C[C@H](C(=O)N(C)CCCc1cnn(C)c1)N1CCc2ccccc2C1. The Morgan fingerprint density at radius 3 is 2.80 bits per heavy atom. The van der Waals surface area contributed by atoms with E-state index in [0.29, 0.717) is 0 Å². The number of aromatic nitrogens is 2. The van der Waals surface area contributed by atoms with E-state index in [-0.39, 0.29) is 11.9 Å². The Labute approximate surface area is 150 Å². The zero-order chi connectivity index (χ0) is 17.8. The molecule has 2 heterocycles. The van der Waals surface area contributed by atoms with Crippen molar-refractivity contribution in [1.29, 1.82) is 0 Å². The van der Waals surface area contributed by atoms with Gasteiger partial charge in [-0.3, -0.25) is 14.4 Å². The summed E-state index contributed by atoms with van der Waals surface area (Å²) in [5.74, 6) is 0.213. The molecule has 1 aromatic carbocycles. The molecule has 25 heavy (non-hydrogen) atoms. The summed E-state index contributed by atoms with van der Waals surface area (Å²) in [6.07, 6.45) is 6.88.